The van der Waals surface area contributed by atoms with Crippen molar-refractivity contribution in [3.8, 4) is 0 Å². The maximum absolute atomic E-state index is 9.26. The van der Waals surface area contributed by atoms with Crippen LogP contribution in [0.2, 0.25) is 0 Å². The van der Waals surface area contributed by atoms with Gasteiger partial charge in [0.15, 0.2) is 5.82 Å². The van der Waals surface area contributed by atoms with Gasteiger partial charge >= 0.3 is 0 Å². The van der Waals surface area contributed by atoms with Crippen LogP contribution in [0.15, 0.2) is 48.6 Å². The third kappa shape index (κ3) is 2.67. The molecule has 122 valence electrons. The first-order valence-electron chi connectivity index (χ1n) is 8.36. The van der Waals surface area contributed by atoms with Crippen LogP contribution in [-0.4, -0.2) is 28.5 Å². The first kappa shape index (κ1) is 14.9. The quantitative estimate of drug-likeness (QED) is 0.897. The largest absolute Gasteiger partial charge is 0.396 e. The number of aliphatic hydroxyl groups is 1. The standard InChI is InChI=1S/C19H20N4O/c24-12-6-11-23-17-10-5-4-9-15(17)20-19-18(23)13-16(21-22-19)14-7-2-1-3-8-14/h2,4-5,7-10,13,24H,1,3,6,11-12H2,(H,20,22). The topological polar surface area (TPSA) is 61.3 Å². The number of aromatic nitrogens is 2. The molecule has 0 radical (unpaired) electrons. The predicted octanol–water partition coefficient (Wildman–Crippen LogP) is 3.79. The third-order valence-electron chi connectivity index (χ3n) is 4.34. The fourth-order valence-electron chi connectivity index (χ4n) is 3.16. The van der Waals surface area contributed by atoms with E-state index in [-0.39, 0.29) is 6.61 Å². The highest BCUT2D eigenvalue weighted by Gasteiger charge is 2.24. The number of hydrogen-bond donors (Lipinski definition) is 2. The van der Waals surface area contributed by atoms with E-state index < -0.39 is 0 Å². The molecule has 24 heavy (non-hydrogen) atoms. The number of rotatable bonds is 4. The highest BCUT2D eigenvalue weighted by Crippen LogP contribution is 2.42. The second-order valence-electron chi connectivity index (χ2n) is 5.97. The van der Waals surface area contributed by atoms with Crippen molar-refractivity contribution in [1.82, 2.24) is 10.2 Å². The summed E-state index contributed by atoms with van der Waals surface area (Å²) in [6.45, 7) is 0.906. The SMILES string of the molecule is OCCCN1c2ccccc2Nc2nnc(C3=CCCC=C3)cc21. The number of hydrogen-bond acceptors (Lipinski definition) is 5. The maximum Gasteiger partial charge on any atom is 0.177 e. The number of nitrogens with zero attached hydrogens (tertiary/aromatic N) is 3. The van der Waals surface area contributed by atoms with Crippen LogP contribution in [0.1, 0.15) is 25.0 Å². The molecule has 0 bridgehead atoms. The smallest absolute Gasteiger partial charge is 0.177 e. The molecule has 5 heteroatoms. The van der Waals surface area contributed by atoms with E-state index >= 15 is 0 Å². The van der Waals surface area contributed by atoms with Gasteiger partial charge in [-0.3, -0.25) is 0 Å². The maximum atomic E-state index is 9.26. The van der Waals surface area contributed by atoms with E-state index in [9.17, 15) is 5.11 Å². The Morgan fingerprint density at radius 3 is 2.88 bits per heavy atom. The molecule has 1 aliphatic heterocycles. The zero-order valence-electron chi connectivity index (χ0n) is 13.4. The Morgan fingerprint density at radius 1 is 1.12 bits per heavy atom. The zero-order chi connectivity index (χ0) is 16.4. The van der Waals surface area contributed by atoms with E-state index in [1.54, 1.807) is 0 Å². The van der Waals surface area contributed by atoms with Crippen LogP contribution in [-0.2, 0) is 0 Å². The van der Waals surface area contributed by atoms with Crippen molar-refractivity contribution in [3.63, 3.8) is 0 Å². The van der Waals surface area contributed by atoms with Gasteiger partial charge in [0.05, 0.1) is 22.8 Å². The van der Waals surface area contributed by atoms with E-state index in [0.29, 0.717) is 6.42 Å². The van der Waals surface area contributed by atoms with Crippen LogP contribution < -0.4 is 10.2 Å². The van der Waals surface area contributed by atoms with Crippen LogP contribution in [0.25, 0.3) is 5.57 Å². The van der Waals surface area contributed by atoms with Crippen LogP contribution in [0.3, 0.4) is 0 Å². The van der Waals surface area contributed by atoms with E-state index in [2.05, 4.69) is 50.8 Å². The third-order valence-corrected chi connectivity index (χ3v) is 4.34. The Kier molecular flexibility index (Phi) is 4.01. The minimum Gasteiger partial charge on any atom is -0.396 e. The van der Waals surface area contributed by atoms with Crippen molar-refractivity contribution in [2.75, 3.05) is 23.4 Å². The van der Waals surface area contributed by atoms with Crippen LogP contribution in [0, 0.1) is 0 Å². The van der Waals surface area contributed by atoms with Gasteiger partial charge < -0.3 is 15.3 Å². The summed E-state index contributed by atoms with van der Waals surface area (Å²) >= 11 is 0. The van der Waals surface area contributed by atoms with Gasteiger partial charge in [-0.15, -0.1) is 10.2 Å². The second kappa shape index (κ2) is 6.45. The highest BCUT2D eigenvalue weighted by molar-refractivity contribution is 5.91. The number of benzene rings is 1. The first-order valence-corrected chi connectivity index (χ1v) is 8.36. The number of fused-ring (bicyclic) bond motifs is 2. The van der Waals surface area contributed by atoms with Crippen molar-refractivity contribution in [2.24, 2.45) is 0 Å². The lowest BCUT2D eigenvalue weighted by Crippen LogP contribution is -2.25. The molecule has 2 heterocycles. The molecule has 0 atom stereocenters. The van der Waals surface area contributed by atoms with Gasteiger partial charge in [-0.05, 0) is 43.0 Å². The number of aliphatic hydroxyl groups excluding tert-OH is 1. The van der Waals surface area contributed by atoms with Crippen molar-refractivity contribution in [2.45, 2.75) is 19.3 Å². The molecule has 1 aromatic carbocycles. The van der Waals surface area contributed by atoms with E-state index in [4.69, 9.17) is 0 Å². The number of para-hydroxylation sites is 2. The normalized spacial score (nSPS) is 15.4. The fraction of sp³-hybridized carbons (Fsp3) is 0.263. The lowest BCUT2D eigenvalue weighted by Gasteiger charge is -2.33. The Labute approximate surface area is 141 Å². The second-order valence-corrected chi connectivity index (χ2v) is 5.97. The predicted molar refractivity (Wildman–Crippen MR) is 96.8 cm³/mol. The van der Waals surface area contributed by atoms with Gasteiger partial charge in [0.1, 0.15) is 0 Å². The molecule has 1 aliphatic carbocycles. The molecule has 2 aromatic rings. The molecular weight excluding hydrogens is 300 g/mol. The van der Waals surface area contributed by atoms with Gasteiger partial charge in [-0.2, -0.15) is 0 Å². The molecule has 0 saturated heterocycles. The van der Waals surface area contributed by atoms with Crippen molar-refractivity contribution < 1.29 is 5.11 Å². The highest BCUT2D eigenvalue weighted by atomic mass is 16.3. The fourth-order valence-corrected chi connectivity index (χ4v) is 3.16. The summed E-state index contributed by atoms with van der Waals surface area (Å²) in [5.41, 5.74) is 5.14. The molecule has 1 aromatic heterocycles. The lowest BCUT2D eigenvalue weighted by molar-refractivity contribution is 0.291. The number of anilines is 4. The van der Waals surface area contributed by atoms with Crippen molar-refractivity contribution >= 4 is 28.5 Å². The Balaban J connectivity index is 1.77. The summed E-state index contributed by atoms with van der Waals surface area (Å²) in [7, 11) is 0. The van der Waals surface area contributed by atoms with Crippen LogP contribution in [0.5, 0.6) is 0 Å². The summed E-state index contributed by atoms with van der Waals surface area (Å²) < 4.78 is 0. The molecule has 0 amide bonds. The summed E-state index contributed by atoms with van der Waals surface area (Å²) in [4.78, 5) is 2.21. The van der Waals surface area contributed by atoms with Gasteiger partial charge in [0.2, 0.25) is 0 Å². The molecular formula is C19H20N4O. The van der Waals surface area contributed by atoms with Crippen molar-refractivity contribution in [1.29, 1.82) is 0 Å². The molecule has 0 spiro atoms. The van der Waals surface area contributed by atoms with E-state index in [1.165, 1.54) is 0 Å². The zero-order valence-corrected chi connectivity index (χ0v) is 13.4. The van der Waals surface area contributed by atoms with Crippen LogP contribution >= 0.6 is 0 Å². The number of allylic oxidation sites excluding steroid dienone is 4. The van der Waals surface area contributed by atoms with Gasteiger partial charge in [0, 0.05) is 13.2 Å². The molecule has 0 saturated carbocycles. The molecule has 5 nitrogen and oxygen atoms in total. The van der Waals surface area contributed by atoms with E-state index in [0.717, 1.165) is 53.5 Å². The summed E-state index contributed by atoms with van der Waals surface area (Å²) in [5.74, 6) is 0.760. The summed E-state index contributed by atoms with van der Waals surface area (Å²) in [6.07, 6.45) is 9.32. The first-order chi connectivity index (χ1) is 11.9. The Morgan fingerprint density at radius 2 is 2.04 bits per heavy atom. The monoisotopic (exact) mass is 320 g/mol. The van der Waals surface area contributed by atoms with E-state index in [1.807, 2.05) is 18.2 Å². The molecule has 0 fully saturated rings. The minimum atomic E-state index is 0.167. The summed E-state index contributed by atoms with van der Waals surface area (Å²) in [6, 6.07) is 10.2. The molecule has 2 aliphatic rings. The Bertz CT molecular complexity index is 813. The molecule has 2 N–H and O–H groups in total. The average molecular weight is 320 g/mol. The lowest BCUT2D eigenvalue weighted by atomic mass is 10.0. The summed E-state index contributed by atoms with van der Waals surface area (Å²) in [5, 5.41) is 21.4. The van der Waals surface area contributed by atoms with Gasteiger partial charge in [0.25, 0.3) is 0 Å². The number of nitrogens with one attached hydrogen (secondary N) is 1. The molecule has 0 unspecified atom stereocenters. The van der Waals surface area contributed by atoms with Gasteiger partial charge in [-0.25, -0.2) is 0 Å². The van der Waals surface area contributed by atoms with Crippen LogP contribution in [0.4, 0.5) is 22.9 Å². The Hall–Kier alpha value is -2.66. The van der Waals surface area contributed by atoms with Gasteiger partial charge in [-0.1, -0.05) is 30.4 Å². The minimum absolute atomic E-state index is 0.167. The van der Waals surface area contributed by atoms with Crippen molar-refractivity contribution in [3.05, 3.63) is 54.3 Å². The molecule has 4 rings (SSSR count). The average Bonchev–Trinajstić information content (AvgIpc) is 2.65.